The molecule has 1 unspecified atom stereocenters. The number of likely N-dealkylation sites (N-methyl/N-ethyl adjacent to an activating group) is 1. The van der Waals surface area contributed by atoms with Crippen molar-refractivity contribution in [2.45, 2.75) is 58.0 Å². The van der Waals surface area contributed by atoms with Crippen LogP contribution in [0.25, 0.3) is 0 Å². The van der Waals surface area contributed by atoms with Crippen LogP contribution < -0.4 is 5.73 Å². The molecule has 0 aromatic rings. The average Bonchev–Trinajstić information content (AvgIpc) is 2.19. The first-order valence-corrected chi connectivity index (χ1v) is 6.08. The smallest absolute Gasteiger partial charge is 0.0241 e. The molecular weight excluding hydrogens is 172 g/mol. The molecule has 0 saturated heterocycles. The van der Waals surface area contributed by atoms with Crippen LogP contribution in [-0.4, -0.2) is 30.6 Å². The predicted octanol–water partition coefficient (Wildman–Crippen LogP) is 2.23. The summed E-state index contributed by atoms with van der Waals surface area (Å²) in [6.07, 6.45) is 6.99. The molecule has 1 aliphatic carbocycles. The van der Waals surface area contributed by atoms with Crippen molar-refractivity contribution in [1.29, 1.82) is 0 Å². The SMILES string of the molecule is CC(C)C(CN)N(C)C1CCCCC1. The minimum atomic E-state index is 0.568. The first kappa shape index (κ1) is 12.0. The summed E-state index contributed by atoms with van der Waals surface area (Å²) in [7, 11) is 2.26. The standard InChI is InChI=1S/C12H26N2/c1-10(2)12(9-13)14(3)11-7-5-4-6-8-11/h10-12H,4-9,13H2,1-3H3. The van der Waals surface area contributed by atoms with E-state index in [1.807, 2.05) is 0 Å². The van der Waals surface area contributed by atoms with Crippen LogP contribution in [0.4, 0.5) is 0 Å². The zero-order chi connectivity index (χ0) is 10.6. The molecule has 1 rings (SSSR count). The van der Waals surface area contributed by atoms with E-state index in [0.717, 1.165) is 12.6 Å². The molecule has 0 bridgehead atoms. The second kappa shape index (κ2) is 5.72. The van der Waals surface area contributed by atoms with Gasteiger partial charge in [-0.3, -0.25) is 4.90 Å². The van der Waals surface area contributed by atoms with Crippen molar-refractivity contribution in [3.8, 4) is 0 Å². The van der Waals surface area contributed by atoms with E-state index in [2.05, 4.69) is 25.8 Å². The second-order valence-electron chi connectivity index (χ2n) is 5.00. The third-order valence-corrected chi connectivity index (χ3v) is 3.68. The van der Waals surface area contributed by atoms with Gasteiger partial charge in [-0.05, 0) is 25.8 Å². The highest BCUT2D eigenvalue weighted by Gasteiger charge is 2.25. The fourth-order valence-electron chi connectivity index (χ4n) is 2.67. The van der Waals surface area contributed by atoms with E-state index < -0.39 is 0 Å². The Morgan fingerprint density at radius 1 is 1.21 bits per heavy atom. The Labute approximate surface area is 88.8 Å². The number of rotatable bonds is 4. The van der Waals surface area contributed by atoms with Crippen molar-refractivity contribution in [2.24, 2.45) is 11.7 Å². The molecule has 14 heavy (non-hydrogen) atoms. The molecule has 0 aliphatic heterocycles. The lowest BCUT2D eigenvalue weighted by molar-refractivity contribution is 0.112. The lowest BCUT2D eigenvalue weighted by atomic mass is 9.91. The van der Waals surface area contributed by atoms with Gasteiger partial charge < -0.3 is 5.73 Å². The molecule has 2 heteroatoms. The van der Waals surface area contributed by atoms with Gasteiger partial charge in [0.05, 0.1) is 0 Å². The lowest BCUT2D eigenvalue weighted by Crippen LogP contribution is -2.47. The summed E-state index contributed by atoms with van der Waals surface area (Å²) >= 11 is 0. The third kappa shape index (κ3) is 2.96. The van der Waals surface area contributed by atoms with Gasteiger partial charge >= 0.3 is 0 Å². The van der Waals surface area contributed by atoms with Gasteiger partial charge in [-0.25, -0.2) is 0 Å². The van der Waals surface area contributed by atoms with Gasteiger partial charge in [-0.2, -0.15) is 0 Å². The van der Waals surface area contributed by atoms with Gasteiger partial charge in [0.2, 0.25) is 0 Å². The molecule has 0 heterocycles. The van der Waals surface area contributed by atoms with Crippen LogP contribution >= 0.6 is 0 Å². The van der Waals surface area contributed by atoms with Crippen molar-refractivity contribution in [3.05, 3.63) is 0 Å². The quantitative estimate of drug-likeness (QED) is 0.750. The van der Waals surface area contributed by atoms with Crippen LogP contribution in [0.15, 0.2) is 0 Å². The van der Waals surface area contributed by atoms with Crippen LogP contribution in [0.2, 0.25) is 0 Å². The van der Waals surface area contributed by atoms with Crippen molar-refractivity contribution < 1.29 is 0 Å². The maximum absolute atomic E-state index is 5.84. The Balaban J connectivity index is 2.47. The van der Waals surface area contributed by atoms with Crippen LogP contribution in [0.3, 0.4) is 0 Å². The summed E-state index contributed by atoms with van der Waals surface area (Å²) in [4.78, 5) is 2.53. The zero-order valence-corrected chi connectivity index (χ0v) is 10.00. The fourth-order valence-corrected chi connectivity index (χ4v) is 2.67. The van der Waals surface area contributed by atoms with Gasteiger partial charge in [0.25, 0.3) is 0 Å². The highest BCUT2D eigenvalue weighted by atomic mass is 15.2. The van der Waals surface area contributed by atoms with Crippen LogP contribution in [-0.2, 0) is 0 Å². The summed E-state index contributed by atoms with van der Waals surface area (Å²) in [5.74, 6) is 0.673. The number of hydrogen-bond donors (Lipinski definition) is 1. The van der Waals surface area contributed by atoms with Crippen molar-refractivity contribution in [3.63, 3.8) is 0 Å². The average molecular weight is 198 g/mol. The normalized spacial score (nSPS) is 21.9. The largest absolute Gasteiger partial charge is 0.329 e. The van der Waals surface area contributed by atoms with E-state index in [4.69, 9.17) is 5.73 Å². The van der Waals surface area contributed by atoms with E-state index in [1.165, 1.54) is 32.1 Å². The molecule has 1 fully saturated rings. The zero-order valence-electron chi connectivity index (χ0n) is 10.00. The molecule has 1 atom stereocenters. The third-order valence-electron chi connectivity index (χ3n) is 3.68. The molecule has 84 valence electrons. The fraction of sp³-hybridized carbons (Fsp3) is 1.00. The van der Waals surface area contributed by atoms with E-state index in [0.29, 0.717) is 12.0 Å². The molecule has 0 amide bonds. The van der Waals surface area contributed by atoms with E-state index in [9.17, 15) is 0 Å². The summed E-state index contributed by atoms with van der Waals surface area (Å²) in [5, 5.41) is 0. The molecule has 0 spiro atoms. The Kier molecular flexibility index (Phi) is 4.90. The molecule has 0 radical (unpaired) electrons. The van der Waals surface area contributed by atoms with E-state index in [-0.39, 0.29) is 0 Å². The molecule has 1 aliphatic rings. The Morgan fingerprint density at radius 3 is 2.21 bits per heavy atom. The number of nitrogens with zero attached hydrogens (tertiary/aromatic N) is 1. The topological polar surface area (TPSA) is 29.3 Å². The number of hydrogen-bond acceptors (Lipinski definition) is 2. The lowest BCUT2D eigenvalue weighted by Gasteiger charge is -2.38. The molecule has 2 N–H and O–H groups in total. The maximum Gasteiger partial charge on any atom is 0.0241 e. The first-order chi connectivity index (χ1) is 6.66. The molecule has 0 aromatic heterocycles. The molecule has 0 aromatic carbocycles. The minimum Gasteiger partial charge on any atom is -0.329 e. The maximum atomic E-state index is 5.84. The molecule has 1 saturated carbocycles. The minimum absolute atomic E-state index is 0.568. The van der Waals surface area contributed by atoms with Crippen LogP contribution in [0, 0.1) is 5.92 Å². The predicted molar refractivity (Wildman–Crippen MR) is 62.3 cm³/mol. The van der Waals surface area contributed by atoms with Gasteiger partial charge in [0.15, 0.2) is 0 Å². The van der Waals surface area contributed by atoms with Crippen molar-refractivity contribution in [2.75, 3.05) is 13.6 Å². The van der Waals surface area contributed by atoms with Crippen LogP contribution in [0.1, 0.15) is 46.0 Å². The van der Waals surface area contributed by atoms with Gasteiger partial charge in [-0.1, -0.05) is 33.1 Å². The highest BCUT2D eigenvalue weighted by Crippen LogP contribution is 2.24. The van der Waals surface area contributed by atoms with Gasteiger partial charge in [-0.15, -0.1) is 0 Å². The number of nitrogens with two attached hydrogens (primary N) is 1. The van der Waals surface area contributed by atoms with Crippen molar-refractivity contribution >= 4 is 0 Å². The summed E-state index contributed by atoms with van der Waals surface area (Å²) in [5.41, 5.74) is 5.84. The monoisotopic (exact) mass is 198 g/mol. The molecular formula is C12H26N2. The van der Waals surface area contributed by atoms with Crippen molar-refractivity contribution in [1.82, 2.24) is 4.90 Å². The summed E-state index contributed by atoms with van der Waals surface area (Å²) in [6, 6.07) is 1.36. The first-order valence-electron chi connectivity index (χ1n) is 6.08. The van der Waals surface area contributed by atoms with Crippen LogP contribution in [0.5, 0.6) is 0 Å². The summed E-state index contributed by atoms with van der Waals surface area (Å²) in [6.45, 7) is 5.35. The Hall–Kier alpha value is -0.0800. The Bertz CT molecular complexity index is 150. The Morgan fingerprint density at radius 2 is 1.79 bits per heavy atom. The van der Waals surface area contributed by atoms with Gasteiger partial charge in [0.1, 0.15) is 0 Å². The highest BCUT2D eigenvalue weighted by molar-refractivity contribution is 4.81. The molecule has 2 nitrogen and oxygen atoms in total. The summed E-state index contributed by atoms with van der Waals surface area (Å²) < 4.78 is 0. The second-order valence-corrected chi connectivity index (χ2v) is 5.00. The van der Waals surface area contributed by atoms with Gasteiger partial charge in [0, 0.05) is 18.6 Å². The van der Waals surface area contributed by atoms with E-state index >= 15 is 0 Å². The van der Waals surface area contributed by atoms with E-state index in [1.54, 1.807) is 0 Å².